The van der Waals surface area contributed by atoms with Crippen LogP contribution in [-0.2, 0) is 6.54 Å². The van der Waals surface area contributed by atoms with E-state index in [1.54, 1.807) is 32.2 Å². The van der Waals surface area contributed by atoms with Gasteiger partial charge in [0.25, 0.3) is 11.9 Å². The number of nitrogens with one attached hydrogen (secondary N) is 1. The van der Waals surface area contributed by atoms with E-state index in [2.05, 4.69) is 10.2 Å². The molecule has 3 aromatic rings. The summed E-state index contributed by atoms with van der Waals surface area (Å²) in [5.74, 6) is 1.33. The highest BCUT2D eigenvalue weighted by Gasteiger charge is 2.27. The molecule has 0 unspecified atom stereocenters. The Morgan fingerprint density at radius 1 is 1.18 bits per heavy atom. The molecule has 8 nitrogen and oxygen atoms in total. The predicted molar refractivity (Wildman–Crippen MR) is 128 cm³/mol. The molecule has 0 spiro atoms. The zero-order valence-electron chi connectivity index (χ0n) is 19.8. The molecule has 0 saturated carbocycles. The predicted octanol–water partition coefficient (Wildman–Crippen LogP) is 3.70. The van der Waals surface area contributed by atoms with Gasteiger partial charge < -0.3 is 29.0 Å². The zero-order valence-corrected chi connectivity index (χ0v) is 19.8. The lowest BCUT2D eigenvalue weighted by atomic mass is 10.0. The highest BCUT2D eigenvalue weighted by atomic mass is 16.5. The summed E-state index contributed by atoms with van der Waals surface area (Å²) in [6.07, 6.45) is 1.97. The van der Waals surface area contributed by atoms with Crippen LogP contribution >= 0.6 is 0 Å². The van der Waals surface area contributed by atoms with Gasteiger partial charge in [0.15, 0.2) is 17.1 Å². The number of aromatic nitrogens is 1. The van der Waals surface area contributed by atoms with Crippen LogP contribution in [0.2, 0.25) is 0 Å². The maximum Gasteiger partial charge on any atom is 0.298 e. The fraction of sp³-hybridized carbons (Fsp3) is 0.440. The van der Waals surface area contributed by atoms with Crippen LogP contribution in [0.3, 0.4) is 0 Å². The minimum absolute atomic E-state index is 0.103. The van der Waals surface area contributed by atoms with Crippen molar-refractivity contribution in [1.82, 2.24) is 15.2 Å². The summed E-state index contributed by atoms with van der Waals surface area (Å²) < 4.78 is 17.5. The Hall–Kier alpha value is -3.26. The smallest absolute Gasteiger partial charge is 0.298 e. The van der Waals surface area contributed by atoms with E-state index in [9.17, 15) is 4.79 Å². The molecule has 2 aromatic carbocycles. The molecule has 0 aliphatic carbocycles. The highest BCUT2D eigenvalue weighted by molar-refractivity contribution is 6.04. The molecule has 0 bridgehead atoms. The number of oxazole rings is 1. The fourth-order valence-electron chi connectivity index (χ4n) is 4.23. The summed E-state index contributed by atoms with van der Waals surface area (Å²) in [4.78, 5) is 21.2. The number of fused-ring (bicyclic) bond motifs is 1. The number of amides is 1. The van der Waals surface area contributed by atoms with Crippen LogP contribution in [0, 0.1) is 0 Å². The number of rotatable bonds is 8. The van der Waals surface area contributed by atoms with Crippen LogP contribution in [0.4, 0.5) is 6.01 Å². The summed E-state index contributed by atoms with van der Waals surface area (Å²) >= 11 is 0. The lowest BCUT2D eigenvalue weighted by Gasteiger charge is -2.33. The number of piperidine rings is 1. The number of ether oxygens (including phenoxy) is 2. The number of nitrogens with zero attached hydrogens (tertiary/aromatic N) is 3. The number of carbonyl (C=O) groups is 1. The average Bonchev–Trinajstić information content (AvgIpc) is 3.27. The van der Waals surface area contributed by atoms with Crippen molar-refractivity contribution in [2.24, 2.45) is 0 Å². The second-order valence-corrected chi connectivity index (χ2v) is 8.38. The first kappa shape index (κ1) is 22.9. The molecule has 4 rings (SSSR count). The number of methoxy groups -OCH3 is 1. The van der Waals surface area contributed by atoms with Crippen molar-refractivity contribution in [2.75, 3.05) is 45.8 Å². The largest absolute Gasteiger partial charge is 0.493 e. The molecular weight excluding hydrogens is 420 g/mol. The van der Waals surface area contributed by atoms with Gasteiger partial charge in [-0.15, -0.1) is 0 Å². The Kier molecular flexibility index (Phi) is 7.03. The van der Waals surface area contributed by atoms with E-state index in [4.69, 9.17) is 18.9 Å². The Morgan fingerprint density at radius 2 is 1.97 bits per heavy atom. The summed E-state index contributed by atoms with van der Waals surface area (Å²) in [7, 11) is 5.11. The lowest BCUT2D eigenvalue weighted by Crippen LogP contribution is -2.43. The van der Waals surface area contributed by atoms with Crippen molar-refractivity contribution in [3.05, 3.63) is 47.5 Å². The van der Waals surface area contributed by atoms with Gasteiger partial charge in [-0.3, -0.25) is 4.79 Å². The van der Waals surface area contributed by atoms with Gasteiger partial charge in [0, 0.05) is 26.7 Å². The number of benzene rings is 2. The summed E-state index contributed by atoms with van der Waals surface area (Å²) in [6.45, 7) is 5.01. The molecule has 0 radical (unpaired) electrons. The van der Waals surface area contributed by atoms with Gasteiger partial charge in [0.05, 0.1) is 19.3 Å². The number of hydrogen-bond donors (Lipinski definition) is 1. The quantitative estimate of drug-likeness (QED) is 0.558. The standard InChI is InChI=1S/C25H32N4O4/c1-5-32-22-15-17(9-10-21(22)31-4)16-29(18-11-13-26-14-12-18)25-27-20-8-6-7-19(23(20)33-25)24(30)28(2)3/h6-10,15,18,26H,5,11-14,16H2,1-4H3. The molecule has 1 N–H and O–H groups in total. The number of carbonyl (C=O) groups excluding carboxylic acids is 1. The molecule has 1 aromatic heterocycles. The van der Waals surface area contributed by atoms with Crippen molar-refractivity contribution < 1.29 is 18.7 Å². The summed E-state index contributed by atoms with van der Waals surface area (Å²) in [5.41, 5.74) is 2.80. The van der Waals surface area contributed by atoms with Crippen LogP contribution in [0.1, 0.15) is 35.7 Å². The monoisotopic (exact) mass is 452 g/mol. The van der Waals surface area contributed by atoms with Crippen molar-refractivity contribution in [2.45, 2.75) is 32.4 Å². The Balaban J connectivity index is 1.72. The third-order valence-electron chi connectivity index (χ3n) is 5.92. The first-order valence-corrected chi connectivity index (χ1v) is 11.4. The van der Waals surface area contributed by atoms with Gasteiger partial charge in [0.2, 0.25) is 0 Å². The first-order valence-electron chi connectivity index (χ1n) is 11.4. The van der Waals surface area contributed by atoms with Gasteiger partial charge in [-0.25, -0.2) is 0 Å². The molecule has 33 heavy (non-hydrogen) atoms. The third-order valence-corrected chi connectivity index (χ3v) is 5.92. The zero-order chi connectivity index (χ0) is 23.4. The van der Waals surface area contributed by atoms with Crippen LogP contribution < -0.4 is 19.7 Å². The van der Waals surface area contributed by atoms with E-state index in [1.165, 1.54) is 0 Å². The van der Waals surface area contributed by atoms with Crippen molar-refractivity contribution >= 4 is 23.0 Å². The van der Waals surface area contributed by atoms with Crippen molar-refractivity contribution in [3.63, 3.8) is 0 Å². The maximum atomic E-state index is 12.7. The fourth-order valence-corrected chi connectivity index (χ4v) is 4.23. The molecule has 8 heteroatoms. The number of hydrogen-bond acceptors (Lipinski definition) is 7. The second kappa shape index (κ2) is 10.1. The second-order valence-electron chi connectivity index (χ2n) is 8.38. The van der Waals surface area contributed by atoms with Gasteiger partial charge in [-0.2, -0.15) is 4.98 Å². The molecule has 1 amide bonds. The van der Waals surface area contributed by atoms with E-state index in [0.29, 0.717) is 41.6 Å². The third kappa shape index (κ3) is 4.90. The Morgan fingerprint density at radius 3 is 2.67 bits per heavy atom. The van der Waals surface area contributed by atoms with E-state index >= 15 is 0 Å². The van der Waals surface area contributed by atoms with Crippen LogP contribution in [-0.4, -0.2) is 62.7 Å². The van der Waals surface area contributed by atoms with E-state index < -0.39 is 0 Å². The minimum atomic E-state index is -0.103. The molecule has 0 atom stereocenters. The maximum absolute atomic E-state index is 12.7. The SMILES string of the molecule is CCOc1cc(CN(c2nc3cccc(C(=O)N(C)C)c3o2)C2CCNCC2)ccc1OC. The number of anilines is 1. The van der Waals surface area contributed by atoms with Gasteiger partial charge in [0.1, 0.15) is 5.52 Å². The molecule has 1 saturated heterocycles. The highest BCUT2D eigenvalue weighted by Crippen LogP contribution is 2.32. The molecule has 2 heterocycles. The van der Waals surface area contributed by atoms with Gasteiger partial charge in [-0.05, 0) is 62.7 Å². The summed E-state index contributed by atoms with van der Waals surface area (Å²) in [5, 5.41) is 3.42. The molecule has 1 aliphatic rings. The minimum Gasteiger partial charge on any atom is -0.493 e. The first-order chi connectivity index (χ1) is 16.0. The Bertz CT molecular complexity index is 1100. The molecular formula is C25H32N4O4. The molecule has 1 fully saturated rings. The van der Waals surface area contributed by atoms with E-state index in [1.807, 2.05) is 37.3 Å². The topological polar surface area (TPSA) is 80.1 Å². The van der Waals surface area contributed by atoms with Crippen LogP contribution in [0.25, 0.3) is 11.1 Å². The Labute approximate surface area is 194 Å². The van der Waals surface area contributed by atoms with E-state index in [-0.39, 0.29) is 11.9 Å². The molecule has 176 valence electrons. The molecule has 1 aliphatic heterocycles. The van der Waals surface area contributed by atoms with Crippen LogP contribution in [0.5, 0.6) is 11.5 Å². The number of para-hydroxylation sites is 1. The summed E-state index contributed by atoms with van der Waals surface area (Å²) in [6, 6.07) is 12.3. The van der Waals surface area contributed by atoms with Gasteiger partial charge in [-0.1, -0.05) is 12.1 Å². The van der Waals surface area contributed by atoms with Crippen LogP contribution in [0.15, 0.2) is 40.8 Å². The van der Waals surface area contributed by atoms with Crippen molar-refractivity contribution in [3.8, 4) is 11.5 Å². The normalized spacial score (nSPS) is 14.3. The van der Waals surface area contributed by atoms with E-state index in [0.717, 1.165) is 37.2 Å². The average molecular weight is 453 g/mol. The van der Waals surface area contributed by atoms with Gasteiger partial charge >= 0.3 is 0 Å². The lowest BCUT2D eigenvalue weighted by molar-refractivity contribution is 0.0828. The van der Waals surface area contributed by atoms with Crippen molar-refractivity contribution in [1.29, 1.82) is 0 Å².